The van der Waals surface area contributed by atoms with E-state index < -0.39 is 5.97 Å². The van der Waals surface area contributed by atoms with Crippen molar-refractivity contribution in [2.24, 2.45) is 0 Å². The van der Waals surface area contributed by atoms with E-state index in [2.05, 4.69) is 26.9 Å². The minimum atomic E-state index is -0.451. The first kappa shape index (κ1) is 23.0. The van der Waals surface area contributed by atoms with Gasteiger partial charge in [0.2, 0.25) is 0 Å². The number of carbonyl (C=O) groups is 1. The second kappa shape index (κ2) is 10.2. The molecule has 1 saturated heterocycles. The van der Waals surface area contributed by atoms with E-state index in [4.69, 9.17) is 21.7 Å². The lowest BCUT2D eigenvalue weighted by molar-refractivity contribution is 0.0601. The molecule has 0 bridgehead atoms. The molecule has 33 heavy (non-hydrogen) atoms. The molecule has 3 aromatic rings. The van der Waals surface area contributed by atoms with Crippen LogP contribution in [0.15, 0.2) is 47.3 Å². The molecule has 0 saturated carbocycles. The highest BCUT2D eigenvalue weighted by Crippen LogP contribution is 2.20. The van der Waals surface area contributed by atoms with Gasteiger partial charge in [-0.05, 0) is 67.6 Å². The van der Waals surface area contributed by atoms with Gasteiger partial charge in [-0.25, -0.2) is 4.79 Å². The lowest BCUT2D eigenvalue weighted by atomic mass is 10.1. The Bertz CT molecular complexity index is 1240. The van der Waals surface area contributed by atoms with Gasteiger partial charge in [0, 0.05) is 38.4 Å². The van der Waals surface area contributed by atoms with Crippen LogP contribution in [0.2, 0.25) is 0 Å². The average molecular weight is 469 g/mol. The molecule has 2 heterocycles. The molecule has 1 aromatic heterocycles. The Balaban J connectivity index is 1.35. The molecule has 0 unspecified atom stereocenters. The Labute approximate surface area is 197 Å². The molecule has 0 amide bonds. The highest BCUT2D eigenvalue weighted by atomic mass is 32.1. The Morgan fingerprint density at radius 3 is 2.42 bits per heavy atom. The maximum atomic E-state index is 13.0. The third kappa shape index (κ3) is 5.09. The lowest BCUT2D eigenvalue weighted by Crippen LogP contribution is -2.46. The largest absolute Gasteiger partial charge is 0.497 e. The zero-order valence-corrected chi connectivity index (χ0v) is 19.7. The summed E-state index contributed by atoms with van der Waals surface area (Å²) in [7, 11) is 3.00. The van der Waals surface area contributed by atoms with E-state index in [1.165, 1.54) is 12.8 Å². The van der Waals surface area contributed by atoms with Gasteiger partial charge in [0.1, 0.15) is 5.75 Å². The molecule has 1 aliphatic rings. The number of hydrogen-bond acceptors (Lipinski definition) is 7. The number of hydrogen-bond donors (Lipinski definition) is 1. The molecule has 174 valence electrons. The molecule has 4 rings (SSSR count). The Kier molecular flexibility index (Phi) is 7.10. The number of fused-ring (bicyclic) bond motifs is 1. The number of nitrogens with zero attached hydrogens (tertiary/aromatic N) is 3. The van der Waals surface area contributed by atoms with Crippen molar-refractivity contribution < 1.29 is 14.3 Å². The van der Waals surface area contributed by atoms with Crippen LogP contribution < -0.4 is 15.2 Å². The highest BCUT2D eigenvalue weighted by Gasteiger charge is 2.17. The Morgan fingerprint density at radius 2 is 1.76 bits per heavy atom. The first-order chi connectivity index (χ1) is 16.0. The van der Waals surface area contributed by atoms with Gasteiger partial charge in [-0.2, -0.15) is 0 Å². The molecule has 9 heteroatoms. The standard InChI is InChI=1S/C24H28N4O4S/c1-31-19-7-5-18(6-8-19)27-14-12-26(13-15-27)10-3-11-28-22(29)20-9-4-17(23(30)32-2)16-21(20)25-24(28)33/h4-9,16H,3,10-15H2,1-2H3,(H,25,33). The number of rotatable bonds is 7. The molecular formula is C24H28N4O4S. The smallest absolute Gasteiger partial charge is 0.337 e. The summed E-state index contributed by atoms with van der Waals surface area (Å²) in [5.74, 6) is 0.413. The van der Waals surface area contributed by atoms with E-state index in [1.54, 1.807) is 29.9 Å². The number of aromatic amines is 1. The molecular weight excluding hydrogens is 440 g/mol. The van der Waals surface area contributed by atoms with Gasteiger partial charge in [0.25, 0.3) is 5.56 Å². The zero-order valence-electron chi connectivity index (χ0n) is 18.9. The van der Waals surface area contributed by atoms with E-state index >= 15 is 0 Å². The quantitative estimate of drug-likeness (QED) is 0.422. The van der Waals surface area contributed by atoms with Gasteiger partial charge in [-0.15, -0.1) is 0 Å². The summed E-state index contributed by atoms with van der Waals surface area (Å²) in [5.41, 5.74) is 1.98. The fourth-order valence-corrected chi connectivity index (χ4v) is 4.46. The summed E-state index contributed by atoms with van der Waals surface area (Å²) >= 11 is 5.42. The van der Waals surface area contributed by atoms with Gasteiger partial charge in [-0.1, -0.05) is 0 Å². The van der Waals surface area contributed by atoms with Crippen LogP contribution in [0.3, 0.4) is 0 Å². The first-order valence-electron chi connectivity index (χ1n) is 11.0. The van der Waals surface area contributed by atoms with E-state index in [0.29, 0.717) is 27.8 Å². The van der Waals surface area contributed by atoms with Crippen molar-refractivity contribution in [1.29, 1.82) is 0 Å². The summed E-state index contributed by atoms with van der Waals surface area (Å²) in [6.45, 7) is 5.32. The summed E-state index contributed by atoms with van der Waals surface area (Å²) < 4.78 is 11.9. The average Bonchev–Trinajstić information content (AvgIpc) is 2.85. The van der Waals surface area contributed by atoms with Crippen LogP contribution in [-0.4, -0.2) is 67.4 Å². The highest BCUT2D eigenvalue weighted by molar-refractivity contribution is 7.71. The van der Waals surface area contributed by atoms with E-state index in [0.717, 1.165) is 44.9 Å². The van der Waals surface area contributed by atoms with E-state index in [-0.39, 0.29) is 5.56 Å². The van der Waals surface area contributed by atoms with Crippen molar-refractivity contribution in [3.05, 3.63) is 63.2 Å². The number of aromatic nitrogens is 2. The number of anilines is 1. The van der Waals surface area contributed by atoms with Crippen LogP contribution in [0.1, 0.15) is 16.8 Å². The monoisotopic (exact) mass is 468 g/mol. The van der Waals surface area contributed by atoms with Crippen molar-refractivity contribution >= 4 is 34.8 Å². The third-order valence-electron chi connectivity index (χ3n) is 6.07. The molecule has 1 fully saturated rings. The normalized spacial score (nSPS) is 14.4. The topological polar surface area (TPSA) is 79.8 Å². The molecule has 0 spiro atoms. The second-order valence-corrected chi connectivity index (χ2v) is 8.41. The molecule has 1 aliphatic heterocycles. The van der Waals surface area contributed by atoms with E-state index in [9.17, 15) is 9.59 Å². The number of ether oxygens (including phenoxy) is 2. The number of nitrogens with one attached hydrogen (secondary N) is 1. The molecule has 0 radical (unpaired) electrons. The number of benzene rings is 2. The van der Waals surface area contributed by atoms with Crippen molar-refractivity contribution in [2.75, 3.05) is 51.8 Å². The summed E-state index contributed by atoms with van der Waals surface area (Å²) in [6, 6.07) is 13.0. The summed E-state index contributed by atoms with van der Waals surface area (Å²) in [4.78, 5) is 32.6. The Morgan fingerprint density at radius 1 is 1.03 bits per heavy atom. The van der Waals surface area contributed by atoms with Crippen LogP contribution in [0.25, 0.3) is 10.9 Å². The van der Waals surface area contributed by atoms with Crippen LogP contribution in [0.4, 0.5) is 5.69 Å². The van der Waals surface area contributed by atoms with Gasteiger partial charge in [0.05, 0.1) is 30.7 Å². The van der Waals surface area contributed by atoms with Gasteiger partial charge in [-0.3, -0.25) is 14.3 Å². The number of methoxy groups -OCH3 is 2. The summed E-state index contributed by atoms with van der Waals surface area (Å²) in [5, 5.41) is 0.504. The number of carbonyl (C=O) groups excluding carboxylic acids is 1. The minimum absolute atomic E-state index is 0.144. The molecule has 0 aliphatic carbocycles. The third-order valence-corrected chi connectivity index (χ3v) is 6.39. The van der Waals surface area contributed by atoms with E-state index in [1.807, 2.05) is 12.1 Å². The second-order valence-electron chi connectivity index (χ2n) is 8.02. The fourth-order valence-electron chi connectivity index (χ4n) is 4.18. The number of piperazine rings is 1. The minimum Gasteiger partial charge on any atom is -0.497 e. The molecule has 0 atom stereocenters. The fraction of sp³-hybridized carbons (Fsp3) is 0.375. The van der Waals surface area contributed by atoms with Crippen molar-refractivity contribution in [3.8, 4) is 5.75 Å². The number of esters is 1. The predicted molar refractivity (Wildman–Crippen MR) is 131 cm³/mol. The van der Waals surface area contributed by atoms with Crippen LogP contribution in [-0.2, 0) is 11.3 Å². The summed E-state index contributed by atoms with van der Waals surface area (Å²) in [6.07, 6.45) is 0.825. The molecule has 1 N–H and O–H groups in total. The van der Waals surface area contributed by atoms with Crippen molar-refractivity contribution in [2.45, 2.75) is 13.0 Å². The van der Waals surface area contributed by atoms with Gasteiger partial charge < -0.3 is 19.4 Å². The van der Waals surface area contributed by atoms with Crippen LogP contribution in [0, 0.1) is 4.77 Å². The lowest BCUT2D eigenvalue weighted by Gasteiger charge is -2.36. The SMILES string of the molecule is COC(=O)c1ccc2c(=O)n(CCCN3CCN(c4ccc(OC)cc4)CC3)c(=S)[nH]c2c1. The van der Waals surface area contributed by atoms with Gasteiger partial charge in [0.15, 0.2) is 4.77 Å². The van der Waals surface area contributed by atoms with Crippen LogP contribution in [0.5, 0.6) is 5.75 Å². The molecule has 8 nitrogen and oxygen atoms in total. The van der Waals surface area contributed by atoms with Crippen LogP contribution >= 0.6 is 12.2 Å². The Hall–Kier alpha value is -3.17. The van der Waals surface area contributed by atoms with Crippen molar-refractivity contribution in [1.82, 2.24) is 14.5 Å². The van der Waals surface area contributed by atoms with Crippen molar-refractivity contribution in [3.63, 3.8) is 0 Å². The maximum Gasteiger partial charge on any atom is 0.337 e. The first-order valence-corrected chi connectivity index (χ1v) is 11.4. The zero-order chi connectivity index (χ0) is 23.4. The number of H-pyrrole nitrogens is 1. The van der Waals surface area contributed by atoms with Gasteiger partial charge >= 0.3 is 5.97 Å². The maximum absolute atomic E-state index is 13.0. The predicted octanol–water partition coefficient (Wildman–Crippen LogP) is 3.07. The molecule has 2 aromatic carbocycles.